The molecule has 1 aromatic rings. The van der Waals surface area contributed by atoms with Crippen molar-refractivity contribution in [1.82, 2.24) is 0 Å². The molecular formula is C23H42Cl5IrN2Sb2. The van der Waals surface area contributed by atoms with Crippen LogP contribution < -0.4 is 12.4 Å². The summed E-state index contributed by atoms with van der Waals surface area (Å²) in [7, 11) is 0. The van der Waals surface area contributed by atoms with Crippen molar-refractivity contribution >= 4 is 101 Å². The summed E-state index contributed by atoms with van der Waals surface area (Å²) in [5.41, 5.74) is 8.38. The molecule has 0 bridgehead atoms. The van der Waals surface area contributed by atoms with Crippen molar-refractivity contribution in [2.24, 2.45) is 5.11 Å². The average molecular weight is 960 g/mol. The van der Waals surface area contributed by atoms with Gasteiger partial charge in [0.2, 0.25) is 0 Å². The fraction of sp³-hybridized carbons (Fsp3) is 0.522. The first-order valence-electron chi connectivity index (χ1n) is 9.36. The van der Waals surface area contributed by atoms with Crippen molar-refractivity contribution in [2.45, 2.75) is 83.1 Å². The molecule has 33 heavy (non-hydrogen) atoms. The van der Waals surface area contributed by atoms with Crippen molar-refractivity contribution in [2.75, 3.05) is 0 Å². The Balaban J connectivity index is -0.0000000259. The summed E-state index contributed by atoms with van der Waals surface area (Å²) in [5.74, 6) is 0. The van der Waals surface area contributed by atoms with Crippen LogP contribution in [0.25, 0.3) is 5.53 Å². The van der Waals surface area contributed by atoms with Gasteiger partial charge < -0.3 is 61.6 Å². The predicted molar refractivity (Wildman–Crippen MR) is 153 cm³/mol. The minimum atomic E-state index is 0. The van der Waals surface area contributed by atoms with Gasteiger partial charge in [0.25, 0.3) is 0 Å². The molecule has 198 valence electrons. The van der Waals surface area contributed by atoms with E-state index in [-0.39, 0.29) is 107 Å². The number of halogens is 5. The third-order valence-electron chi connectivity index (χ3n) is 1.09. The molecule has 0 saturated carbocycles. The van der Waals surface area contributed by atoms with Gasteiger partial charge in [-0.1, -0.05) is 10.0 Å². The number of rotatable bonds is 1. The van der Waals surface area contributed by atoms with Gasteiger partial charge in [-0.3, -0.25) is 0 Å². The normalized spacial score (nSPS) is 6.67. The molecule has 0 heterocycles. The standard InChI is InChI=1S/C5Cl4N2.6C3H7.ClH.Ir.2Sb/c6-1-2(7)4(9)5(11-10)3(1)8;6*1-3-2;;;;/h;6*3H,1-2H3;1H;;;/q-2;6*-1;;3*+3/p-1. The van der Waals surface area contributed by atoms with Crippen LogP contribution in [-0.2, 0) is 20.1 Å². The maximum atomic E-state index is 8.38. The molecule has 10 heteroatoms. The molecule has 2 nitrogen and oxygen atoms in total. The van der Waals surface area contributed by atoms with Crippen molar-refractivity contribution in [1.29, 1.82) is 0 Å². The topological polar surface area (TPSA) is 34.7 Å². The summed E-state index contributed by atoms with van der Waals surface area (Å²) in [4.78, 5) is 0. The zero-order chi connectivity index (χ0) is 24.8. The first kappa shape index (κ1) is 65.1. The molecule has 0 unspecified atom stereocenters. The summed E-state index contributed by atoms with van der Waals surface area (Å²) < 4.78 is 0. The van der Waals surface area contributed by atoms with E-state index in [1.54, 1.807) is 0 Å². The Morgan fingerprint density at radius 3 is 0.848 bits per heavy atom. The number of hydrogen-bond donors (Lipinski definition) is 0. The van der Waals surface area contributed by atoms with Gasteiger partial charge in [-0.2, -0.15) is 118 Å². The molecule has 0 saturated heterocycles. The minimum Gasteiger partial charge on any atom is -1.00 e. The van der Waals surface area contributed by atoms with Crippen LogP contribution in [0.4, 0.5) is 5.69 Å². The van der Waals surface area contributed by atoms with Crippen LogP contribution in [0.15, 0.2) is 5.11 Å². The SMILES string of the molecule is C[CH-]C.C[CH-]C.C[CH-]C.C[CH-]C.C[CH-]C.C[CH-]C.[Cl-].[Ir+3].[N-]=Nc1c(Cl)c(Cl)c(Cl)[c-]1Cl.[Sb+3].[Sb+3]. The van der Waals surface area contributed by atoms with E-state index in [0.29, 0.717) is 0 Å². The zero-order valence-corrected chi connectivity index (χ0v) is 33.3. The molecule has 0 atom stereocenters. The van der Waals surface area contributed by atoms with E-state index in [2.05, 4.69) is 5.11 Å². The van der Waals surface area contributed by atoms with Crippen molar-refractivity contribution < 1.29 is 32.5 Å². The van der Waals surface area contributed by atoms with Gasteiger partial charge >= 0.3 is 69.0 Å². The van der Waals surface area contributed by atoms with E-state index in [1.807, 2.05) is 122 Å². The fourth-order valence-electron chi connectivity index (χ4n) is 0.585. The second kappa shape index (κ2) is 64.6. The molecule has 0 fully saturated rings. The fourth-order valence-corrected chi connectivity index (χ4v) is 1.55. The largest absolute Gasteiger partial charge is 3.00 e. The zero-order valence-electron chi connectivity index (χ0n) is 22.0. The Hall–Kier alpha value is 2.69. The van der Waals surface area contributed by atoms with Crippen molar-refractivity contribution in [3.8, 4) is 0 Å². The average Bonchev–Trinajstić information content (AvgIpc) is 2.82. The van der Waals surface area contributed by atoms with E-state index in [0.717, 1.165) is 0 Å². The van der Waals surface area contributed by atoms with Crippen molar-refractivity contribution in [3.63, 3.8) is 0 Å². The van der Waals surface area contributed by atoms with Crippen LogP contribution in [0.3, 0.4) is 0 Å². The Kier molecular flexibility index (Phi) is 127. The van der Waals surface area contributed by atoms with Gasteiger partial charge in [-0.05, 0) is 15.7 Å². The van der Waals surface area contributed by atoms with E-state index in [9.17, 15) is 0 Å². The minimum absolute atomic E-state index is 0. The molecule has 0 aliphatic heterocycles. The maximum absolute atomic E-state index is 8.38. The van der Waals surface area contributed by atoms with E-state index >= 15 is 0 Å². The van der Waals surface area contributed by atoms with Crippen LogP contribution in [0, 0.1) is 38.5 Å². The molecule has 0 aliphatic rings. The van der Waals surface area contributed by atoms with Gasteiger partial charge in [0.05, 0.1) is 0 Å². The smallest absolute Gasteiger partial charge is 1.00 e. The molecule has 0 spiro atoms. The first-order valence-corrected chi connectivity index (χ1v) is 10.9. The van der Waals surface area contributed by atoms with E-state index in [4.69, 9.17) is 51.9 Å². The van der Waals surface area contributed by atoms with Gasteiger partial charge in [-0.15, -0.1) is 11.6 Å². The van der Waals surface area contributed by atoms with Crippen LogP contribution in [-0.4, -0.2) is 48.9 Å². The molecule has 0 aliphatic carbocycles. The molecule has 1 aromatic carbocycles. The summed E-state index contributed by atoms with van der Waals surface area (Å²) >= 11 is 22.3. The first-order chi connectivity index (χ1) is 13.6. The number of hydrogen-bond acceptors (Lipinski definition) is 1. The number of nitrogens with zero attached hydrogens (tertiary/aromatic N) is 2. The summed E-state index contributed by atoms with van der Waals surface area (Å²) in [6, 6.07) is 0. The Morgan fingerprint density at radius 1 is 0.606 bits per heavy atom. The molecule has 0 aromatic heterocycles. The molecular weight excluding hydrogens is 917 g/mol. The summed E-state index contributed by atoms with van der Waals surface area (Å²) in [6.45, 7) is 24.0. The van der Waals surface area contributed by atoms with Crippen LogP contribution in [0.1, 0.15) is 83.1 Å². The van der Waals surface area contributed by atoms with Gasteiger partial charge in [-0.25, -0.2) is 0 Å². The van der Waals surface area contributed by atoms with Crippen LogP contribution in [0.2, 0.25) is 20.1 Å². The molecule has 1 rings (SSSR count). The summed E-state index contributed by atoms with van der Waals surface area (Å²) in [5, 5.41) is 3.14. The Bertz CT molecular complexity index is 372. The summed E-state index contributed by atoms with van der Waals surface area (Å²) in [6.07, 6.45) is 12.0. The Labute approximate surface area is 282 Å². The van der Waals surface area contributed by atoms with Crippen LogP contribution in [0.5, 0.6) is 0 Å². The second-order valence-corrected chi connectivity index (χ2v) is 6.68. The third-order valence-corrected chi connectivity index (χ3v) is 2.88. The molecule has 0 N–H and O–H groups in total. The second-order valence-electron chi connectivity index (χ2n) is 5.17. The van der Waals surface area contributed by atoms with Gasteiger partial charge in [0.1, 0.15) is 0 Å². The molecule has 0 amide bonds. The van der Waals surface area contributed by atoms with Crippen LogP contribution >= 0.6 is 46.4 Å². The van der Waals surface area contributed by atoms with Gasteiger partial charge in [0, 0.05) is 0 Å². The monoisotopic (exact) mass is 956 g/mol. The Morgan fingerprint density at radius 2 is 0.788 bits per heavy atom. The quantitative estimate of drug-likeness (QED) is 0.155. The maximum Gasteiger partial charge on any atom is 3.00 e. The van der Waals surface area contributed by atoms with Crippen molar-refractivity contribution in [3.05, 3.63) is 64.1 Å². The predicted octanol–water partition coefficient (Wildman–Crippen LogP) is 8.30. The van der Waals surface area contributed by atoms with E-state index < -0.39 is 0 Å². The molecule has 4 radical (unpaired) electrons. The van der Waals surface area contributed by atoms with Gasteiger partial charge in [0.15, 0.2) is 0 Å². The third kappa shape index (κ3) is 60.8. The van der Waals surface area contributed by atoms with E-state index in [1.165, 1.54) is 0 Å².